The molecule has 0 bridgehead atoms. The molecule has 2 fully saturated rings. The van der Waals surface area contributed by atoms with Crippen LogP contribution in [0.5, 0.6) is 0 Å². The van der Waals surface area contributed by atoms with Gasteiger partial charge in [-0.25, -0.2) is 9.79 Å². The zero-order valence-electron chi connectivity index (χ0n) is 19.8. The average Bonchev–Trinajstić information content (AvgIpc) is 3.49. The maximum Gasteiger partial charge on any atom is 0.328 e. The SMILES string of the molecule is C=C(NC1CCOC1=O)c1cc(/N=C/N2CCCCC2)c(C(=O)N(C)Cc2ccccc2C#N)s1. The first kappa shape index (κ1) is 24.5. The monoisotopic (exact) mass is 491 g/mol. The first-order chi connectivity index (χ1) is 17.0. The minimum Gasteiger partial charge on any atom is -0.464 e. The molecular formula is C26H29N5O3S. The van der Waals surface area contributed by atoms with E-state index in [4.69, 9.17) is 4.74 Å². The van der Waals surface area contributed by atoms with Gasteiger partial charge in [0.2, 0.25) is 0 Å². The number of esters is 1. The van der Waals surface area contributed by atoms with Crippen LogP contribution in [0.4, 0.5) is 5.69 Å². The van der Waals surface area contributed by atoms with Crippen molar-refractivity contribution in [3.05, 3.63) is 57.8 Å². The Hall–Kier alpha value is -3.64. The molecule has 1 N–H and O–H groups in total. The number of nitrogens with one attached hydrogen (secondary N) is 1. The Balaban J connectivity index is 1.58. The number of nitrogens with zero attached hydrogens (tertiary/aromatic N) is 4. The van der Waals surface area contributed by atoms with Crippen LogP contribution >= 0.6 is 11.3 Å². The number of aliphatic imine (C=N–C) groups is 1. The molecule has 1 aromatic heterocycles. The van der Waals surface area contributed by atoms with E-state index in [9.17, 15) is 14.9 Å². The van der Waals surface area contributed by atoms with Crippen molar-refractivity contribution < 1.29 is 14.3 Å². The summed E-state index contributed by atoms with van der Waals surface area (Å²) < 4.78 is 5.03. The average molecular weight is 492 g/mol. The largest absolute Gasteiger partial charge is 0.464 e. The number of thiophene rings is 1. The van der Waals surface area contributed by atoms with Crippen LogP contribution in [-0.4, -0.2) is 60.8 Å². The van der Waals surface area contributed by atoms with Crippen LogP contribution in [0.15, 0.2) is 41.9 Å². The van der Waals surface area contributed by atoms with Crippen molar-refractivity contribution in [2.75, 3.05) is 26.7 Å². The predicted molar refractivity (Wildman–Crippen MR) is 136 cm³/mol. The van der Waals surface area contributed by atoms with E-state index in [1.54, 1.807) is 18.0 Å². The molecule has 4 rings (SSSR count). The second-order valence-corrected chi connectivity index (χ2v) is 9.78. The number of carbonyl (C=O) groups excluding carboxylic acids is 2. The molecule has 3 heterocycles. The topological polar surface area (TPSA) is 98.0 Å². The second kappa shape index (κ2) is 11.2. The Kier molecular flexibility index (Phi) is 7.83. The van der Waals surface area contributed by atoms with Crippen LogP contribution in [0.25, 0.3) is 5.70 Å². The molecular weight excluding hydrogens is 462 g/mol. The predicted octanol–water partition coefficient (Wildman–Crippen LogP) is 3.91. The fourth-order valence-electron chi connectivity index (χ4n) is 4.13. The highest BCUT2D eigenvalue weighted by Gasteiger charge is 2.28. The van der Waals surface area contributed by atoms with Gasteiger partial charge in [-0.2, -0.15) is 5.26 Å². The van der Waals surface area contributed by atoms with E-state index in [2.05, 4.69) is 27.9 Å². The molecule has 1 amide bonds. The summed E-state index contributed by atoms with van der Waals surface area (Å²) in [6, 6.07) is 10.8. The molecule has 1 atom stereocenters. The highest BCUT2D eigenvalue weighted by molar-refractivity contribution is 7.15. The summed E-state index contributed by atoms with van der Waals surface area (Å²) in [6.45, 7) is 6.68. The molecule has 8 nitrogen and oxygen atoms in total. The number of piperidine rings is 1. The lowest BCUT2D eigenvalue weighted by atomic mass is 10.1. The van der Waals surface area contributed by atoms with Crippen LogP contribution in [0.3, 0.4) is 0 Å². The number of likely N-dealkylation sites (tertiary alicyclic amines) is 1. The van der Waals surface area contributed by atoms with Crippen LogP contribution < -0.4 is 5.32 Å². The molecule has 9 heteroatoms. The van der Waals surface area contributed by atoms with E-state index >= 15 is 0 Å². The minimum atomic E-state index is -0.436. The Morgan fingerprint density at radius 2 is 2.14 bits per heavy atom. The van der Waals surface area contributed by atoms with Crippen molar-refractivity contribution in [1.29, 1.82) is 5.26 Å². The van der Waals surface area contributed by atoms with Crippen LogP contribution in [0.1, 0.15) is 51.4 Å². The smallest absolute Gasteiger partial charge is 0.328 e. The van der Waals surface area contributed by atoms with Gasteiger partial charge in [0.25, 0.3) is 5.91 Å². The van der Waals surface area contributed by atoms with Gasteiger partial charge in [-0.05, 0) is 37.0 Å². The molecule has 0 aliphatic carbocycles. The van der Waals surface area contributed by atoms with E-state index in [1.165, 1.54) is 17.8 Å². The van der Waals surface area contributed by atoms with Gasteiger partial charge in [-0.3, -0.25) is 4.79 Å². The van der Waals surface area contributed by atoms with Gasteiger partial charge < -0.3 is 19.9 Å². The summed E-state index contributed by atoms with van der Waals surface area (Å²) in [7, 11) is 1.72. The van der Waals surface area contributed by atoms with Gasteiger partial charge in [0, 0.05) is 38.8 Å². The Morgan fingerprint density at radius 3 is 2.86 bits per heavy atom. The number of benzene rings is 1. The van der Waals surface area contributed by atoms with Crippen molar-refractivity contribution in [1.82, 2.24) is 15.1 Å². The Bertz CT molecular complexity index is 1180. The zero-order chi connectivity index (χ0) is 24.8. The number of amides is 1. The molecule has 1 aromatic carbocycles. The van der Waals surface area contributed by atoms with Crippen molar-refractivity contribution in [2.24, 2.45) is 4.99 Å². The van der Waals surface area contributed by atoms with E-state index in [1.807, 2.05) is 30.6 Å². The van der Waals surface area contributed by atoms with E-state index < -0.39 is 6.04 Å². The molecule has 0 radical (unpaired) electrons. The van der Waals surface area contributed by atoms with E-state index in [0.29, 0.717) is 41.4 Å². The van der Waals surface area contributed by atoms with Crippen LogP contribution in [-0.2, 0) is 16.1 Å². The summed E-state index contributed by atoms with van der Waals surface area (Å²) >= 11 is 1.29. The summed E-state index contributed by atoms with van der Waals surface area (Å²) in [5, 5.41) is 12.5. The fraction of sp³-hybridized carbons (Fsp3) is 0.385. The van der Waals surface area contributed by atoms with Crippen LogP contribution in [0, 0.1) is 11.3 Å². The van der Waals surface area contributed by atoms with Crippen molar-refractivity contribution in [3.8, 4) is 6.07 Å². The highest BCUT2D eigenvalue weighted by Crippen LogP contribution is 2.34. The maximum absolute atomic E-state index is 13.5. The first-order valence-electron chi connectivity index (χ1n) is 11.7. The molecule has 0 spiro atoms. The summed E-state index contributed by atoms with van der Waals surface area (Å²) in [4.78, 5) is 35.0. The minimum absolute atomic E-state index is 0.187. The van der Waals surface area contributed by atoms with Crippen LogP contribution in [0.2, 0.25) is 0 Å². The number of rotatable bonds is 8. The third kappa shape index (κ3) is 5.89. The number of nitriles is 1. The third-order valence-corrected chi connectivity index (χ3v) is 7.30. The zero-order valence-corrected chi connectivity index (χ0v) is 20.6. The van der Waals surface area contributed by atoms with Crippen molar-refractivity contribution >= 4 is 40.9 Å². The molecule has 2 aliphatic rings. The Labute approximate surface area is 209 Å². The molecule has 2 aliphatic heterocycles. The molecule has 2 saturated heterocycles. The number of ether oxygens (including phenoxy) is 1. The molecule has 182 valence electrons. The number of cyclic esters (lactones) is 1. The number of carbonyl (C=O) groups is 2. The fourth-order valence-corrected chi connectivity index (χ4v) is 5.17. The number of hydrogen-bond donors (Lipinski definition) is 1. The lowest BCUT2D eigenvalue weighted by Gasteiger charge is -2.23. The van der Waals surface area contributed by atoms with E-state index in [-0.39, 0.29) is 11.9 Å². The van der Waals surface area contributed by atoms with Gasteiger partial charge in [0.1, 0.15) is 10.9 Å². The quantitative estimate of drug-likeness (QED) is 0.342. The summed E-state index contributed by atoms with van der Waals surface area (Å²) in [6.07, 6.45) is 5.88. The molecule has 35 heavy (non-hydrogen) atoms. The Morgan fingerprint density at radius 1 is 1.37 bits per heavy atom. The van der Waals surface area contributed by atoms with Gasteiger partial charge in [-0.1, -0.05) is 24.8 Å². The molecule has 0 saturated carbocycles. The molecule has 1 unspecified atom stereocenters. The van der Waals surface area contributed by atoms with Gasteiger partial charge in [0.15, 0.2) is 0 Å². The van der Waals surface area contributed by atoms with Gasteiger partial charge >= 0.3 is 5.97 Å². The first-order valence-corrected chi connectivity index (χ1v) is 12.6. The summed E-state index contributed by atoms with van der Waals surface area (Å²) in [5.41, 5.74) is 2.46. The summed E-state index contributed by atoms with van der Waals surface area (Å²) in [5.74, 6) is -0.480. The van der Waals surface area contributed by atoms with E-state index in [0.717, 1.165) is 36.4 Å². The van der Waals surface area contributed by atoms with Crippen molar-refractivity contribution in [2.45, 2.75) is 38.3 Å². The second-order valence-electron chi connectivity index (χ2n) is 8.73. The standard InChI is InChI=1S/C26H29N5O3S/c1-18(29-21-10-13-34-26(21)33)23-14-22(28-17-31-11-6-3-7-12-31)24(35-23)25(32)30(2)16-20-9-5-4-8-19(20)15-27/h4-5,8-9,14,17,21,29H,1,3,6-7,10-13,16H2,2H3/b28-17+. The van der Waals surface area contributed by atoms with Gasteiger partial charge in [0.05, 0.1) is 35.1 Å². The van der Waals surface area contributed by atoms with Crippen molar-refractivity contribution in [3.63, 3.8) is 0 Å². The maximum atomic E-state index is 13.5. The normalized spacial score (nSPS) is 17.8. The lowest BCUT2D eigenvalue weighted by molar-refractivity contribution is -0.139. The third-order valence-electron chi connectivity index (χ3n) is 6.13. The van der Waals surface area contributed by atoms with Gasteiger partial charge in [-0.15, -0.1) is 11.3 Å². The molecule has 2 aromatic rings. The lowest BCUT2D eigenvalue weighted by Crippen LogP contribution is -2.31. The number of hydrogen-bond acceptors (Lipinski definition) is 7. The highest BCUT2D eigenvalue weighted by atomic mass is 32.1.